The number of hydrogen-bond acceptors (Lipinski definition) is 3. The minimum absolute atomic E-state index is 0.0854. The van der Waals surface area contributed by atoms with Gasteiger partial charge in [-0.05, 0) is 36.2 Å². The second-order valence-electron chi connectivity index (χ2n) is 5.46. The molecule has 0 saturated carbocycles. The van der Waals surface area contributed by atoms with Gasteiger partial charge in [-0.3, -0.25) is 4.79 Å². The van der Waals surface area contributed by atoms with Gasteiger partial charge in [-0.2, -0.15) is 0 Å². The Morgan fingerprint density at radius 2 is 1.78 bits per heavy atom. The van der Waals surface area contributed by atoms with E-state index >= 15 is 0 Å². The van der Waals surface area contributed by atoms with E-state index in [1.165, 1.54) is 0 Å². The fraction of sp³-hybridized carbons (Fsp3) is 0.316. The molecule has 0 aliphatic carbocycles. The molecule has 0 unspecified atom stereocenters. The first kappa shape index (κ1) is 16.9. The number of aryl methyl sites for hydroxylation is 1. The molecule has 0 aromatic heterocycles. The van der Waals surface area contributed by atoms with Crippen molar-refractivity contribution in [2.45, 2.75) is 12.8 Å². The largest absolute Gasteiger partial charge is 0.497 e. The van der Waals surface area contributed by atoms with Crippen molar-refractivity contribution in [3.63, 3.8) is 0 Å². The number of rotatable bonds is 8. The standard InChI is InChI=1S/C19H24N2O2/c1-21(17-6-4-3-5-7-17)15-14-20-19(22)13-10-16-8-11-18(23-2)12-9-16/h3-9,11-12H,10,13-15H2,1-2H3,(H,20,22). The summed E-state index contributed by atoms with van der Waals surface area (Å²) in [6.45, 7) is 1.44. The number of carbonyl (C=O) groups is 1. The lowest BCUT2D eigenvalue weighted by Gasteiger charge is -2.19. The summed E-state index contributed by atoms with van der Waals surface area (Å²) in [7, 11) is 3.67. The molecular weight excluding hydrogens is 288 g/mol. The predicted molar refractivity (Wildman–Crippen MR) is 94.0 cm³/mol. The van der Waals surface area contributed by atoms with Gasteiger partial charge >= 0.3 is 0 Å². The molecule has 1 amide bonds. The number of para-hydroxylation sites is 1. The monoisotopic (exact) mass is 312 g/mol. The minimum Gasteiger partial charge on any atom is -0.497 e. The van der Waals surface area contributed by atoms with Crippen molar-refractivity contribution in [1.29, 1.82) is 0 Å². The Morgan fingerprint density at radius 1 is 1.09 bits per heavy atom. The predicted octanol–water partition coefficient (Wildman–Crippen LogP) is 2.88. The van der Waals surface area contributed by atoms with Gasteiger partial charge in [0.1, 0.15) is 5.75 Å². The number of nitrogens with zero attached hydrogens (tertiary/aromatic N) is 1. The van der Waals surface area contributed by atoms with Gasteiger partial charge in [0, 0.05) is 32.2 Å². The molecule has 0 spiro atoms. The zero-order valence-corrected chi connectivity index (χ0v) is 13.8. The molecule has 0 fully saturated rings. The van der Waals surface area contributed by atoms with Crippen molar-refractivity contribution in [3.8, 4) is 5.75 Å². The third kappa shape index (κ3) is 5.66. The van der Waals surface area contributed by atoms with Crippen LogP contribution in [-0.2, 0) is 11.2 Å². The molecule has 0 aliphatic rings. The molecule has 1 N–H and O–H groups in total. The van der Waals surface area contributed by atoms with E-state index < -0.39 is 0 Å². The van der Waals surface area contributed by atoms with E-state index in [-0.39, 0.29) is 5.91 Å². The summed E-state index contributed by atoms with van der Waals surface area (Å²) < 4.78 is 5.12. The van der Waals surface area contributed by atoms with Crippen LogP contribution in [0, 0.1) is 0 Å². The Bertz CT molecular complexity index is 597. The van der Waals surface area contributed by atoms with Crippen molar-refractivity contribution in [2.75, 3.05) is 32.1 Å². The van der Waals surface area contributed by atoms with Gasteiger partial charge in [0.2, 0.25) is 5.91 Å². The van der Waals surface area contributed by atoms with E-state index in [2.05, 4.69) is 22.3 Å². The molecule has 4 nitrogen and oxygen atoms in total. The summed E-state index contributed by atoms with van der Waals surface area (Å²) >= 11 is 0. The van der Waals surface area contributed by atoms with E-state index in [1.54, 1.807) is 7.11 Å². The summed E-state index contributed by atoms with van der Waals surface area (Å²) in [6.07, 6.45) is 1.24. The molecule has 0 atom stereocenters. The Morgan fingerprint density at radius 3 is 2.43 bits per heavy atom. The van der Waals surface area contributed by atoms with Crippen LogP contribution in [-0.4, -0.2) is 33.2 Å². The van der Waals surface area contributed by atoms with Crippen molar-refractivity contribution in [1.82, 2.24) is 5.32 Å². The lowest BCUT2D eigenvalue weighted by atomic mass is 10.1. The first-order chi connectivity index (χ1) is 11.2. The summed E-state index contributed by atoms with van der Waals surface area (Å²) in [4.78, 5) is 14.0. The average Bonchev–Trinajstić information content (AvgIpc) is 2.61. The molecule has 0 radical (unpaired) electrons. The van der Waals surface area contributed by atoms with E-state index in [1.807, 2.05) is 49.5 Å². The first-order valence-corrected chi connectivity index (χ1v) is 7.85. The van der Waals surface area contributed by atoms with Crippen molar-refractivity contribution < 1.29 is 9.53 Å². The maximum atomic E-state index is 11.9. The van der Waals surface area contributed by atoms with Crippen LogP contribution in [0.5, 0.6) is 5.75 Å². The van der Waals surface area contributed by atoms with E-state index in [0.717, 1.165) is 30.0 Å². The lowest BCUT2D eigenvalue weighted by Crippen LogP contribution is -2.33. The van der Waals surface area contributed by atoms with Crippen molar-refractivity contribution in [2.24, 2.45) is 0 Å². The number of amides is 1. The van der Waals surface area contributed by atoms with Crippen LogP contribution in [0.25, 0.3) is 0 Å². The average molecular weight is 312 g/mol. The molecular formula is C19H24N2O2. The van der Waals surface area contributed by atoms with Gasteiger partial charge in [-0.1, -0.05) is 30.3 Å². The number of carbonyl (C=O) groups excluding carboxylic acids is 1. The summed E-state index contributed by atoms with van der Waals surface area (Å²) in [5.41, 5.74) is 2.29. The fourth-order valence-electron chi connectivity index (χ4n) is 2.31. The van der Waals surface area contributed by atoms with Gasteiger partial charge in [0.15, 0.2) is 0 Å². The highest BCUT2D eigenvalue weighted by atomic mass is 16.5. The normalized spacial score (nSPS) is 10.2. The minimum atomic E-state index is 0.0854. The summed E-state index contributed by atoms with van der Waals surface area (Å²) in [6, 6.07) is 18.0. The summed E-state index contributed by atoms with van der Waals surface area (Å²) in [5, 5.41) is 2.97. The molecule has 2 rings (SSSR count). The number of methoxy groups -OCH3 is 1. The van der Waals surface area contributed by atoms with E-state index in [4.69, 9.17) is 4.74 Å². The Kier molecular flexibility index (Phi) is 6.48. The SMILES string of the molecule is COc1ccc(CCC(=O)NCCN(C)c2ccccc2)cc1. The number of ether oxygens (including phenoxy) is 1. The van der Waals surface area contributed by atoms with Gasteiger partial charge < -0.3 is 15.0 Å². The number of anilines is 1. The van der Waals surface area contributed by atoms with Gasteiger partial charge in [0.25, 0.3) is 0 Å². The Hall–Kier alpha value is -2.49. The van der Waals surface area contributed by atoms with Crippen molar-refractivity contribution >= 4 is 11.6 Å². The molecule has 0 bridgehead atoms. The second-order valence-corrected chi connectivity index (χ2v) is 5.46. The van der Waals surface area contributed by atoms with Crippen LogP contribution in [0.1, 0.15) is 12.0 Å². The van der Waals surface area contributed by atoms with Crippen LogP contribution < -0.4 is 15.0 Å². The molecule has 2 aromatic carbocycles. The van der Waals surface area contributed by atoms with Gasteiger partial charge in [-0.25, -0.2) is 0 Å². The molecule has 23 heavy (non-hydrogen) atoms. The molecule has 0 aliphatic heterocycles. The van der Waals surface area contributed by atoms with E-state index in [9.17, 15) is 4.79 Å². The fourth-order valence-corrected chi connectivity index (χ4v) is 2.31. The molecule has 2 aromatic rings. The topological polar surface area (TPSA) is 41.6 Å². The zero-order valence-electron chi connectivity index (χ0n) is 13.8. The second kappa shape index (κ2) is 8.83. The van der Waals surface area contributed by atoms with Crippen LogP contribution in [0.4, 0.5) is 5.69 Å². The van der Waals surface area contributed by atoms with Crippen molar-refractivity contribution in [3.05, 3.63) is 60.2 Å². The Labute approximate surface area is 138 Å². The smallest absolute Gasteiger partial charge is 0.220 e. The van der Waals surface area contributed by atoms with Crippen LogP contribution in [0.3, 0.4) is 0 Å². The van der Waals surface area contributed by atoms with E-state index in [0.29, 0.717) is 13.0 Å². The Balaban J connectivity index is 1.66. The molecule has 4 heteroatoms. The highest BCUT2D eigenvalue weighted by molar-refractivity contribution is 5.76. The number of likely N-dealkylation sites (N-methyl/N-ethyl adjacent to an activating group) is 1. The highest BCUT2D eigenvalue weighted by Crippen LogP contribution is 2.12. The lowest BCUT2D eigenvalue weighted by molar-refractivity contribution is -0.120. The van der Waals surface area contributed by atoms with Gasteiger partial charge in [-0.15, -0.1) is 0 Å². The van der Waals surface area contributed by atoms with Crippen LogP contribution >= 0.6 is 0 Å². The zero-order chi connectivity index (χ0) is 16.5. The third-order valence-electron chi connectivity index (χ3n) is 3.77. The number of nitrogens with one attached hydrogen (secondary N) is 1. The first-order valence-electron chi connectivity index (χ1n) is 7.85. The maximum absolute atomic E-state index is 11.9. The van der Waals surface area contributed by atoms with Crippen LogP contribution in [0.2, 0.25) is 0 Å². The van der Waals surface area contributed by atoms with Crippen LogP contribution in [0.15, 0.2) is 54.6 Å². The highest BCUT2D eigenvalue weighted by Gasteiger charge is 2.04. The number of hydrogen-bond donors (Lipinski definition) is 1. The van der Waals surface area contributed by atoms with Gasteiger partial charge in [0.05, 0.1) is 7.11 Å². The third-order valence-corrected chi connectivity index (χ3v) is 3.77. The quantitative estimate of drug-likeness (QED) is 0.815. The summed E-state index contributed by atoms with van der Waals surface area (Å²) in [5.74, 6) is 0.921. The molecule has 122 valence electrons. The maximum Gasteiger partial charge on any atom is 0.220 e. The molecule has 0 saturated heterocycles. The molecule has 0 heterocycles. The number of benzene rings is 2.